The van der Waals surface area contributed by atoms with Crippen molar-refractivity contribution < 1.29 is 9.53 Å². The Labute approximate surface area is 100 Å². The van der Waals surface area contributed by atoms with Gasteiger partial charge in [0, 0.05) is 10.6 Å². The van der Waals surface area contributed by atoms with Gasteiger partial charge in [0.2, 0.25) is 0 Å². The van der Waals surface area contributed by atoms with Crippen LogP contribution in [0, 0.1) is 11.8 Å². The van der Waals surface area contributed by atoms with Crippen LogP contribution in [0.5, 0.6) is 0 Å². The van der Waals surface area contributed by atoms with Gasteiger partial charge in [0.05, 0.1) is 0 Å². The van der Waals surface area contributed by atoms with E-state index in [9.17, 15) is 4.79 Å². The average molecular weight is 236 g/mol. The highest BCUT2D eigenvalue weighted by atomic mass is 32.2. The number of thioether (sulfide) groups is 1. The summed E-state index contributed by atoms with van der Waals surface area (Å²) in [5.74, 6) is 1.28. The third-order valence-electron chi connectivity index (χ3n) is 2.78. The molecule has 2 atom stereocenters. The van der Waals surface area contributed by atoms with E-state index in [4.69, 9.17) is 4.74 Å². The van der Waals surface area contributed by atoms with Crippen molar-refractivity contribution in [3.8, 4) is 0 Å². The van der Waals surface area contributed by atoms with E-state index in [-0.39, 0.29) is 18.0 Å². The zero-order valence-corrected chi connectivity index (χ0v) is 10.4. The standard InChI is InChI=1S/C13H16O2S/c1-9(2)12-11(13(14)15-12)8-16-10-6-4-3-5-7-10/h3-7,9,11-12H,8H2,1-2H3/t11-,12-/m0/s1. The molecule has 1 fully saturated rings. The quantitative estimate of drug-likeness (QED) is 0.594. The number of carbonyl (C=O) groups is 1. The number of esters is 1. The molecule has 1 saturated heterocycles. The zero-order valence-electron chi connectivity index (χ0n) is 9.55. The summed E-state index contributed by atoms with van der Waals surface area (Å²) >= 11 is 1.73. The molecule has 1 heterocycles. The third-order valence-corrected chi connectivity index (χ3v) is 3.91. The summed E-state index contributed by atoms with van der Waals surface area (Å²) in [6.45, 7) is 4.19. The molecule has 0 aliphatic carbocycles. The second-order valence-corrected chi connectivity index (χ2v) is 5.47. The number of hydrogen-bond donors (Lipinski definition) is 0. The first-order chi connectivity index (χ1) is 7.68. The van der Waals surface area contributed by atoms with Gasteiger partial charge in [-0.2, -0.15) is 0 Å². The molecule has 0 radical (unpaired) electrons. The molecule has 0 aromatic heterocycles. The molecule has 86 valence electrons. The summed E-state index contributed by atoms with van der Waals surface area (Å²) in [7, 11) is 0. The van der Waals surface area contributed by atoms with E-state index in [1.165, 1.54) is 4.90 Å². The molecular formula is C13H16O2S. The normalized spacial score (nSPS) is 24.1. The lowest BCUT2D eigenvalue weighted by atomic mass is 9.90. The fraction of sp³-hybridized carbons (Fsp3) is 0.462. The van der Waals surface area contributed by atoms with Crippen LogP contribution in [0.25, 0.3) is 0 Å². The van der Waals surface area contributed by atoms with Crippen molar-refractivity contribution in [1.29, 1.82) is 0 Å². The van der Waals surface area contributed by atoms with Crippen molar-refractivity contribution in [3.63, 3.8) is 0 Å². The first-order valence-electron chi connectivity index (χ1n) is 5.57. The van der Waals surface area contributed by atoms with Crippen LogP contribution in [0.2, 0.25) is 0 Å². The van der Waals surface area contributed by atoms with E-state index in [0.29, 0.717) is 5.92 Å². The number of ether oxygens (including phenoxy) is 1. The van der Waals surface area contributed by atoms with Gasteiger partial charge in [0.25, 0.3) is 0 Å². The third kappa shape index (κ3) is 2.40. The van der Waals surface area contributed by atoms with Crippen LogP contribution < -0.4 is 0 Å². The Morgan fingerprint density at radius 2 is 2.00 bits per heavy atom. The average Bonchev–Trinajstić information content (AvgIpc) is 2.27. The lowest BCUT2D eigenvalue weighted by Gasteiger charge is -2.37. The van der Waals surface area contributed by atoms with E-state index in [2.05, 4.69) is 26.0 Å². The lowest BCUT2D eigenvalue weighted by Crippen LogP contribution is -2.49. The molecule has 3 heteroatoms. The highest BCUT2D eigenvalue weighted by Crippen LogP contribution is 2.33. The summed E-state index contributed by atoms with van der Waals surface area (Å²) in [6.07, 6.45) is 0.115. The van der Waals surface area contributed by atoms with E-state index >= 15 is 0 Å². The molecule has 1 aromatic carbocycles. The second kappa shape index (κ2) is 4.91. The maximum absolute atomic E-state index is 11.3. The maximum Gasteiger partial charge on any atom is 0.313 e. The van der Waals surface area contributed by atoms with Gasteiger partial charge in [-0.15, -0.1) is 11.8 Å². The van der Waals surface area contributed by atoms with Crippen LogP contribution in [0.3, 0.4) is 0 Å². The van der Waals surface area contributed by atoms with Crippen molar-refractivity contribution in [2.24, 2.45) is 11.8 Å². The number of cyclic esters (lactones) is 1. The maximum atomic E-state index is 11.3. The largest absolute Gasteiger partial charge is 0.461 e. The molecule has 2 rings (SSSR count). The fourth-order valence-electron chi connectivity index (χ4n) is 1.83. The highest BCUT2D eigenvalue weighted by Gasteiger charge is 2.43. The van der Waals surface area contributed by atoms with Crippen molar-refractivity contribution in [3.05, 3.63) is 30.3 Å². The minimum Gasteiger partial charge on any atom is -0.461 e. The van der Waals surface area contributed by atoms with Crippen molar-refractivity contribution in [2.75, 3.05) is 5.75 Å². The first kappa shape index (κ1) is 11.5. The van der Waals surface area contributed by atoms with E-state index in [1.807, 2.05) is 18.2 Å². The lowest BCUT2D eigenvalue weighted by molar-refractivity contribution is -0.187. The van der Waals surface area contributed by atoms with Gasteiger partial charge in [-0.1, -0.05) is 32.0 Å². The van der Waals surface area contributed by atoms with Crippen LogP contribution in [-0.2, 0) is 9.53 Å². The van der Waals surface area contributed by atoms with Crippen LogP contribution in [0.4, 0.5) is 0 Å². The first-order valence-corrected chi connectivity index (χ1v) is 6.55. The molecular weight excluding hydrogens is 220 g/mol. The smallest absolute Gasteiger partial charge is 0.313 e. The molecule has 0 N–H and O–H groups in total. The zero-order chi connectivity index (χ0) is 11.5. The second-order valence-electron chi connectivity index (χ2n) is 4.38. The SMILES string of the molecule is CC(C)[C@@H]1OC(=O)[C@H]1CSc1ccccc1. The number of rotatable bonds is 4. The molecule has 1 aromatic rings. The minimum absolute atomic E-state index is 0.0397. The Morgan fingerprint density at radius 3 is 2.56 bits per heavy atom. The van der Waals surface area contributed by atoms with Crippen LogP contribution in [0.1, 0.15) is 13.8 Å². The van der Waals surface area contributed by atoms with Gasteiger partial charge in [-0.25, -0.2) is 0 Å². The predicted molar refractivity (Wildman–Crippen MR) is 65.4 cm³/mol. The van der Waals surface area contributed by atoms with Crippen LogP contribution >= 0.6 is 11.8 Å². The van der Waals surface area contributed by atoms with Crippen molar-refractivity contribution in [1.82, 2.24) is 0 Å². The summed E-state index contributed by atoms with van der Waals surface area (Å²) in [5.41, 5.74) is 0. The van der Waals surface area contributed by atoms with Crippen LogP contribution in [-0.4, -0.2) is 17.8 Å². The number of carbonyl (C=O) groups excluding carboxylic acids is 1. The predicted octanol–water partition coefficient (Wildman–Crippen LogP) is 2.98. The van der Waals surface area contributed by atoms with Crippen molar-refractivity contribution in [2.45, 2.75) is 24.8 Å². The molecule has 0 unspecified atom stereocenters. The molecule has 1 aliphatic rings. The van der Waals surface area contributed by atoms with E-state index in [0.717, 1.165) is 5.75 Å². The highest BCUT2D eigenvalue weighted by molar-refractivity contribution is 7.99. The molecule has 0 saturated carbocycles. The molecule has 2 nitrogen and oxygen atoms in total. The van der Waals surface area contributed by atoms with Crippen molar-refractivity contribution >= 4 is 17.7 Å². The number of benzene rings is 1. The molecule has 0 amide bonds. The molecule has 0 spiro atoms. The Hall–Kier alpha value is -0.960. The van der Waals surface area contributed by atoms with Gasteiger partial charge in [-0.05, 0) is 18.1 Å². The summed E-state index contributed by atoms with van der Waals surface area (Å²) < 4.78 is 5.15. The van der Waals surface area contributed by atoms with Gasteiger partial charge in [0.1, 0.15) is 12.0 Å². The Morgan fingerprint density at radius 1 is 1.31 bits per heavy atom. The monoisotopic (exact) mass is 236 g/mol. The van der Waals surface area contributed by atoms with Crippen LogP contribution in [0.15, 0.2) is 35.2 Å². The van der Waals surface area contributed by atoms with E-state index in [1.54, 1.807) is 11.8 Å². The van der Waals surface area contributed by atoms with Gasteiger partial charge < -0.3 is 4.74 Å². The minimum atomic E-state index is -0.0397. The molecule has 16 heavy (non-hydrogen) atoms. The topological polar surface area (TPSA) is 26.3 Å². The van der Waals surface area contributed by atoms with Gasteiger partial charge in [-0.3, -0.25) is 4.79 Å². The summed E-state index contributed by atoms with van der Waals surface area (Å²) in [5, 5.41) is 0. The van der Waals surface area contributed by atoms with Gasteiger partial charge >= 0.3 is 5.97 Å². The van der Waals surface area contributed by atoms with Gasteiger partial charge in [0.15, 0.2) is 0 Å². The number of hydrogen-bond acceptors (Lipinski definition) is 3. The Bertz CT molecular complexity index is 361. The molecule has 0 bridgehead atoms. The summed E-state index contributed by atoms with van der Waals surface area (Å²) in [6, 6.07) is 10.2. The Kier molecular flexibility index (Phi) is 3.54. The summed E-state index contributed by atoms with van der Waals surface area (Å²) in [4.78, 5) is 12.5. The van der Waals surface area contributed by atoms with E-state index < -0.39 is 0 Å². The molecule has 1 aliphatic heterocycles. The fourth-order valence-corrected chi connectivity index (χ4v) is 2.88. The Balaban J connectivity index is 1.88.